The topological polar surface area (TPSA) is 58.6 Å². The molecular weight excluding hydrogens is 276 g/mol. The van der Waals surface area contributed by atoms with Crippen LogP contribution in [0.3, 0.4) is 0 Å². The highest BCUT2D eigenvalue weighted by Crippen LogP contribution is 2.27. The molecule has 0 bridgehead atoms. The summed E-state index contributed by atoms with van der Waals surface area (Å²) in [5.41, 5.74) is 2.14. The summed E-state index contributed by atoms with van der Waals surface area (Å²) in [5.74, 6) is 0. The highest BCUT2D eigenvalue weighted by Gasteiger charge is 2.28. The zero-order valence-corrected chi connectivity index (χ0v) is 12.4. The summed E-state index contributed by atoms with van der Waals surface area (Å²) in [4.78, 5) is 0.397. The molecule has 1 aromatic carbocycles. The summed E-state index contributed by atoms with van der Waals surface area (Å²) in [7, 11) is -3.41. The zero-order chi connectivity index (χ0) is 14.2. The summed E-state index contributed by atoms with van der Waals surface area (Å²) >= 11 is 0. The smallest absolute Gasteiger partial charge is 0.243 e. The van der Waals surface area contributed by atoms with E-state index in [4.69, 9.17) is 4.74 Å². The van der Waals surface area contributed by atoms with Crippen molar-refractivity contribution in [1.82, 2.24) is 4.31 Å². The molecule has 2 heterocycles. The fraction of sp³-hybridized carbons (Fsp3) is 0.571. The normalized spacial score (nSPS) is 23.9. The van der Waals surface area contributed by atoms with Gasteiger partial charge in [-0.3, -0.25) is 0 Å². The van der Waals surface area contributed by atoms with Gasteiger partial charge in [0.2, 0.25) is 10.0 Å². The van der Waals surface area contributed by atoms with Gasteiger partial charge in [-0.25, -0.2) is 8.42 Å². The molecule has 1 fully saturated rings. The van der Waals surface area contributed by atoms with Crippen molar-refractivity contribution in [2.45, 2.75) is 30.8 Å². The lowest BCUT2D eigenvalue weighted by Crippen LogP contribution is -2.35. The van der Waals surface area contributed by atoms with Crippen molar-refractivity contribution < 1.29 is 13.2 Å². The Hall–Kier alpha value is -1.11. The summed E-state index contributed by atoms with van der Waals surface area (Å²) in [6.07, 6.45) is 1.58. The third-order valence-electron chi connectivity index (χ3n) is 3.84. The van der Waals surface area contributed by atoms with Crippen LogP contribution in [0.4, 0.5) is 5.69 Å². The minimum atomic E-state index is -3.41. The first-order valence-corrected chi connectivity index (χ1v) is 8.50. The standard InChI is InChI=1S/C14H20N2O3S/c1-11-10-16(7-2-8-19-11)20(17,18)13-3-4-14-12(9-13)5-6-15-14/h3-4,9,11,15H,2,5-8,10H2,1H3. The molecule has 1 unspecified atom stereocenters. The third-order valence-corrected chi connectivity index (χ3v) is 5.70. The number of nitrogens with one attached hydrogen (secondary N) is 1. The van der Waals surface area contributed by atoms with Gasteiger partial charge in [0.15, 0.2) is 0 Å². The van der Waals surface area contributed by atoms with Crippen molar-refractivity contribution in [1.29, 1.82) is 0 Å². The van der Waals surface area contributed by atoms with E-state index < -0.39 is 10.0 Å². The van der Waals surface area contributed by atoms with Crippen LogP contribution < -0.4 is 5.32 Å². The highest BCUT2D eigenvalue weighted by atomic mass is 32.2. The van der Waals surface area contributed by atoms with Gasteiger partial charge in [-0.15, -0.1) is 0 Å². The van der Waals surface area contributed by atoms with Crippen molar-refractivity contribution in [3.8, 4) is 0 Å². The first kappa shape index (κ1) is 13.9. The van der Waals surface area contributed by atoms with E-state index in [1.54, 1.807) is 16.4 Å². The molecular formula is C14H20N2O3S. The number of rotatable bonds is 2. The predicted octanol–water partition coefficient (Wildman–Crippen LogP) is 1.45. The molecule has 0 aliphatic carbocycles. The number of hydrogen-bond donors (Lipinski definition) is 1. The number of fused-ring (bicyclic) bond motifs is 1. The fourth-order valence-corrected chi connectivity index (χ4v) is 4.37. The van der Waals surface area contributed by atoms with Crippen molar-refractivity contribution >= 4 is 15.7 Å². The SMILES string of the molecule is CC1CN(S(=O)(=O)c2ccc3c(c2)CCN3)CCCO1. The molecule has 110 valence electrons. The molecule has 20 heavy (non-hydrogen) atoms. The molecule has 2 aliphatic rings. The summed E-state index contributed by atoms with van der Waals surface area (Å²) in [6, 6.07) is 5.37. The van der Waals surface area contributed by atoms with Crippen LogP contribution in [0.5, 0.6) is 0 Å². The Morgan fingerprint density at radius 2 is 2.25 bits per heavy atom. The second kappa shape index (κ2) is 5.35. The summed E-state index contributed by atoms with van der Waals surface area (Å²) in [5, 5.41) is 3.25. The molecule has 5 nitrogen and oxygen atoms in total. The van der Waals surface area contributed by atoms with Gasteiger partial charge in [-0.2, -0.15) is 4.31 Å². The molecule has 0 radical (unpaired) electrons. The second-order valence-corrected chi connectivity index (χ2v) is 7.33. The summed E-state index contributed by atoms with van der Waals surface area (Å²) < 4.78 is 32.5. The van der Waals surface area contributed by atoms with Crippen LogP contribution in [0.25, 0.3) is 0 Å². The van der Waals surface area contributed by atoms with E-state index in [0.717, 1.165) is 30.6 Å². The average Bonchev–Trinajstić information content (AvgIpc) is 2.78. The molecule has 1 N–H and O–H groups in total. The molecule has 1 saturated heterocycles. The van der Waals surface area contributed by atoms with E-state index in [1.807, 2.05) is 13.0 Å². The van der Waals surface area contributed by atoms with Crippen LogP contribution in [0.15, 0.2) is 23.1 Å². The molecule has 0 aromatic heterocycles. The third kappa shape index (κ3) is 2.55. The molecule has 0 amide bonds. The average molecular weight is 296 g/mol. The zero-order valence-electron chi connectivity index (χ0n) is 11.6. The number of ether oxygens (including phenoxy) is 1. The second-order valence-electron chi connectivity index (χ2n) is 5.39. The maximum absolute atomic E-state index is 12.7. The first-order valence-electron chi connectivity index (χ1n) is 7.06. The highest BCUT2D eigenvalue weighted by molar-refractivity contribution is 7.89. The van der Waals surface area contributed by atoms with E-state index in [1.165, 1.54) is 0 Å². The number of sulfonamides is 1. The van der Waals surface area contributed by atoms with Crippen LogP contribution in [0.2, 0.25) is 0 Å². The van der Waals surface area contributed by atoms with Crippen LogP contribution in [0.1, 0.15) is 18.9 Å². The van der Waals surface area contributed by atoms with Crippen LogP contribution in [-0.4, -0.2) is 45.1 Å². The van der Waals surface area contributed by atoms with Gasteiger partial charge < -0.3 is 10.1 Å². The molecule has 0 spiro atoms. The molecule has 0 saturated carbocycles. The first-order chi connectivity index (χ1) is 9.57. The Balaban J connectivity index is 1.90. The molecule has 1 atom stereocenters. The van der Waals surface area contributed by atoms with Crippen LogP contribution in [-0.2, 0) is 21.2 Å². The van der Waals surface area contributed by atoms with Crippen molar-refractivity contribution in [2.75, 3.05) is 31.6 Å². The minimum absolute atomic E-state index is 0.0524. The quantitative estimate of drug-likeness (QED) is 0.897. The lowest BCUT2D eigenvalue weighted by molar-refractivity contribution is 0.0752. The van der Waals surface area contributed by atoms with Crippen molar-refractivity contribution in [3.05, 3.63) is 23.8 Å². The Morgan fingerprint density at radius 1 is 1.40 bits per heavy atom. The van der Waals surface area contributed by atoms with Gasteiger partial charge >= 0.3 is 0 Å². The van der Waals surface area contributed by atoms with E-state index >= 15 is 0 Å². The predicted molar refractivity (Wildman–Crippen MR) is 77.4 cm³/mol. The maximum atomic E-state index is 12.7. The van der Waals surface area contributed by atoms with E-state index in [-0.39, 0.29) is 6.10 Å². The fourth-order valence-electron chi connectivity index (χ4n) is 2.77. The monoisotopic (exact) mass is 296 g/mol. The van der Waals surface area contributed by atoms with E-state index in [2.05, 4.69) is 5.32 Å². The molecule has 2 aliphatic heterocycles. The van der Waals surface area contributed by atoms with Crippen LogP contribution in [0, 0.1) is 0 Å². The Morgan fingerprint density at radius 3 is 3.10 bits per heavy atom. The lowest BCUT2D eigenvalue weighted by Gasteiger charge is -2.22. The van der Waals surface area contributed by atoms with E-state index in [9.17, 15) is 8.42 Å². The van der Waals surface area contributed by atoms with E-state index in [0.29, 0.717) is 24.6 Å². The van der Waals surface area contributed by atoms with Gasteiger partial charge in [0.05, 0.1) is 11.0 Å². The van der Waals surface area contributed by atoms with Crippen molar-refractivity contribution in [2.24, 2.45) is 0 Å². The Labute approximate surface area is 120 Å². The van der Waals surface area contributed by atoms with Gasteiger partial charge in [0.25, 0.3) is 0 Å². The Kier molecular flexibility index (Phi) is 3.70. The minimum Gasteiger partial charge on any atom is -0.384 e. The number of nitrogens with zero attached hydrogens (tertiary/aromatic N) is 1. The lowest BCUT2D eigenvalue weighted by atomic mass is 10.2. The molecule has 6 heteroatoms. The van der Waals surface area contributed by atoms with Crippen molar-refractivity contribution in [3.63, 3.8) is 0 Å². The largest absolute Gasteiger partial charge is 0.384 e. The van der Waals surface area contributed by atoms with Gasteiger partial charge in [-0.1, -0.05) is 0 Å². The number of anilines is 1. The van der Waals surface area contributed by atoms with Gasteiger partial charge in [0.1, 0.15) is 0 Å². The number of benzene rings is 1. The van der Waals surface area contributed by atoms with Gasteiger partial charge in [-0.05, 0) is 43.5 Å². The maximum Gasteiger partial charge on any atom is 0.243 e. The molecule has 1 aromatic rings. The number of hydrogen-bond acceptors (Lipinski definition) is 4. The van der Waals surface area contributed by atoms with Crippen LogP contribution >= 0.6 is 0 Å². The molecule has 3 rings (SSSR count). The Bertz CT molecular complexity index is 600. The van der Waals surface area contributed by atoms with Gasteiger partial charge in [0, 0.05) is 31.9 Å². The summed E-state index contributed by atoms with van der Waals surface area (Å²) in [6.45, 7) is 4.38.